The number of rotatable bonds is 5. The van der Waals surface area contributed by atoms with Gasteiger partial charge < -0.3 is 0 Å². The highest BCUT2D eigenvalue weighted by atomic mass is 14.7. The smallest absolute Gasteiger partial charge is 0.0386 e. The fourth-order valence-electron chi connectivity index (χ4n) is 1.30. The topological polar surface area (TPSA) is 12.4 Å². The summed E-state index contributed by atoms with van der Waals surface area (Å²) in [7, 11) is 0. The minimum atomic E-state index is 0.489. The molecule has 0 saturated carbocycles. The molecule has 0 heterocycles. The Labute approximate surface area is 88.6 Å². The van der Waals surface area contributed by atoms with E-state index in [9.17, 15) is 0 Å². The van der Waals surface area contributed by atoms with Gasteiger partial charge in [-0.25, -0.2) is 0 Å². The fourth-order valence-corrected chi connectivity index (χ4v) is 1.30. The Kier molecular flexibility index (Phi) is 6.18. The summed E-state index contributed by atoms with van der Waals surface area (Å²) >= 11 is 0. The van der Waals surface area contributed by atoms with E-state index < -0.39 is 0 Å². The van der Waals surface area contributed by atoms with Crippen LogP contribution < -0.4 is 0 Å². The molecule has 1 heteroatoms. The van der Waals surface area contributed by atoms with Crippen LogP contribution in [0.3, 0.4) is 0 Å². The number of nitrogens with zero attached hydrogens (tertiary/aromatic N) is 1. The zero-order valence-electron chi connectivity index (χ0n) is 10.2. The van der Waals surface area contributed by atoms with Crippen molar-refractivity contribution in [1.82, 2.24) is 0 Å². The Morgan fingerprint density at radius 3 is 2.21 bits per heavy atom. The van der Waals surface area contributed by atoms with Crippen molar-refractivity contribution < 1.29 is 0 Å². The molecule has 0 radical (unpaired) electrons. The molecule has 0 spiro atoms. The molecule has 0 aromatic rings. The normalized spacial score (nSPS) is 13.2. The highest BCUT2D eigenvalue weighted by molar-refractivity contribution is 5.78. The third-order valence-corrected chi connectivity index (χ3v) is 1.95. The molecule has 0 N–H and O–H groups in total. The molecule has 0 rings (SSSR count). The SMILES string of the molecule is C=C(/C=N\C(=C/C)C(C)C)CC(C)C. The van der Waals surface area contributed by atoms with E-state index in [1.54, 1.807) is 0 Å². The van der Waals surface area contributed by atoms with Gasteiger partial charge in [-0.1, -0.05) is 40.3 Å². The van der Waals surface area contributed by atoms with Crippen molar-refractivity contribution in [1.29, 1.82) is 0 Å². The van der Waals surface area contributed by atoms with Crippen LogP contribution in [0.1, 0.15) is 41.0 Å². The van der Waals surface area contributed by atoms with Crippen LogP contribution in [0, 0.1) is 11.8 Å². The molecule has 0 atom stereocenters. The van der Waals surface area contributed by atoms with Crippen molar-refractivity contribution in [2.45, 2.75) is 41.0 Å². The molecule has 0 aliphatic rings. The third kappa shape index (κ3) is 5.74. The molecule has 0 fully saturated rings. The summed E-state index contributed by atoms with van der Waals surface area (Å²) in [6, 6.07) is 0. The van der Waals surface area contributed by atoms with Crippen molar-refractivity contribution in [2.75, 3.05) is 0 Å². The van der Waals surface area contributed by atoms with Crippen LogP contribution in [0.15, 0.2) is 28.9 Å². The second kappa shape index (κ2) is 6.58. The summed E-state index contributed by atoms with van der Waals surface area (Å²) in [6.07, 6.45) is 4.98. The highest BCUT2D eigenvalue weighted by Gasteiger charge is 1.99. The van der Waals surface area contributed by atoms with E-state index in [2.05, 4.69) is 45.3 Å². The number of allylic oxidation sites excluding steroid dienone is 3. The Hall–Kier alpha value is -0.850. The molecule has 1 nitrogen and oxygen atoms in total. The van der Waals surface area contributed by atoms with Gasteiger partial charge in [0.2, 0.25) is 0 Å². The zero-order chi connectivity index (χ0) is 11.1. The molecule has 0 aliphatic carbocycles. The number of aliphatic imine (C=N–C) groups is 1. The van der Waals surface area contributed by atoms with Gasteiger partial charge in [-0.05, 0) is 30.8 Å². The van der Waals surface area contributed by atoms with Gasteiger partial charge in [0.15, 0.2) is 0 Å². The third-order valence-electron chi connectivity index (χ3n) is 1.95. The first-order valence-electron chi connectivity index (χ1n) is 5.35. The quantitative estimate of drug-likeness (QED) is 0.580. The Balaban J connectivity index is 4.22. The monoisotopic (exact) mass is 193 g/mol. The summed E-state index contributed by atoms with van der Waals surface area (Å²) < 4.78 is 0. The maximum atomic E-state index is 4.43. The Morgan fingerprint density at radius 2 is 1.86 bits per heavy atom. The molecule has 0 aliphatic heterocycles. The maximum absolute atomic E-state index is 4.43. The van der Waals surface area contributed by atoms with Gasteiger partial charge in [-0.15, -0.1) is 0 Å². The summed E-state index contributed by atoms with van der Waals surface area (Å²) in [6.45, 7) is 14.7. The van der Waals surface area contributed by atoms with Gasteiger partial charge in [0.1, 0.15) is 0 Å². The molecule has 0 aromatic carbocycles. The van der Waals surface area contributed by atoms with Crippen LogP contribution >= 0.6 is 0 Å². The van der Waals surface area contributed by atoms with Crippen molar-refractivity contribution in [3.63, 3.8) is 0 Å². The second-order valence-electron chi connectivity index (χ2n) is 4.38. The van der Waals surface area contributed by atoms with Crippen molar-refractivity contribution in [3.05, 3.63) is 23.9 Å². The Morgan fingerprint density at radius 1 is 1.29 bits per heavy atom. The zero-order valence-corrected chi connectivity index (χ0v) is 10.2. The average Bonchev–Trinajstić information content (AvgIpc) is 2.03. The van der Waals surface area contributed by atoms with Crippen LogP contribution in [-0.2, 0) is 0 Å². The first-order valence-corrected chi connectivity index (χ1v) is 5.35. The van der Waals surface area contributed by atoms with E-state index in [1.807, 2.05) is 13.1 Å². The molecule has 0 bridgehead atoms. The highest BCUT2D eigenvalue weighted by Crippen LogP contribution is 2.12. The lowest BCUT2D eigenvalue weighted by molar-refractivity contribution is 0.656. The lowest BCUT2D eigenvalue weighted by Gasteiger charge is -2.06. The fraction of sp³-hybridized carbons (Fsp3) is 0.615. The second-order valence-corrected chi connectivity index (χ2v) is 4.38. The summed E-state index contributed by atoms with van der Waals surface area (Å²) in [5.41, 5.74) is 2.25. The van der Waals surface area contributed by atoms with Crippen molar-refractivity contribution in [2.24, 2.45) is 16.8 Å². The number of hydrogen-bond acceptors (Lipinski definition) is 1. The largest absolute Gasteiger partial charge is 0.261 e. The molecule has 14 heavy (non-hydrogen) atoms. The van der Waals surface area contributed by atoms with Crippen molar-refractivity contribution >= 4 is 6.21 Å². The van der Waals surface area contributed by atoms with Crippen molar-refractivity contribution in [3.8, 4) is 0 Å². The maximum Gasteiger partial charge on any atom is 0.0386 e. The van der Waals surface area contributed by atoms with E-state index in [0.29, 0.717) is 11.8 Å². The van der Waals surface area contributed by atoms with Crippen LogP contribution in [-0.4, -0.2) is 6.21 Å². The minimum absolute atomic E-state index is 0.489. The number of hydrogen-bond donors (Lipinski definition) is 0. The van der Waals surface area contributed by atoms with Gasteiger partial charge >= 0.3 is 0 Å². The van der Waals surface area contributed by atoms with E-state index in [1.165, 1.54) is 0 Å². The van der Waals surface area contributed by atoms with E-state index in [4.69, 9.17) is 0 Å². The van der Waals surface area contributed by atoms with E-state index >= 15 is 0 Å². The van der Waals surface area contributed by atoms with Gasteiger partial charge in [-0.2, -0.15) is 0 Å². The predicted molar refractivity (Wildman–Crippen MR) is 65.7 cm³/mol. The van der Waals surface area contributed by atoms with E-state index in [0.717, 1.165) is 17.7 Å². The average molecular weight is 193 g/mol. The molecule has 0 saturated heterocycles. The van der Waals surface area contributed by atoms with Gasteiger partial charge in [0.05, 0.1) is 0 Å². The summed E-state index contributed by atoms with van der Waals surface area (Å²) in [5.74, 6) is 1.14. The van der Waals surface area contributed by atoms with Crippen LogP contribution in [0.2, 0.25) is 0 Å². The van der Waals surface area contributed by atoms with Gasteiger partial charge in [0, 0.05) is 11.9 Å². The summed E-state index contributed by atoms with van der Waals surface area (Å²) in [4.78, 5) is 4.43. The standard InChI is InChI=1S/C13H23N/c1-7-13(11(4)5)14-9-12(6)8-10(2)3/h7,9-11H,6,8H2,1-5H3/b13-7-,14-9-. The molecular weight excluding hydrogens is 170 g/mol. The molecular formula is C13H23N. The first kappa shape index (κ1) is 13.2. The van der Waals surface area contributed by atoms with Gasteiger partial charge in [-0.3, -0.25) is 4.99 Å². The molecule has 0 aromatic heterocycles. The van der Waals surface area contributed by atoms with Crippen LogP contribution in [0.5, 0.6) is 0 Å². The van der Waals surface area contributed by atoms with Crippen LogP contribution in [0.4, 0.5) is 0 Å². The lowest BCUT2D eigenvalue weighted by atomic mass is 10.1. The Bertz CT molecular complexity index is 232. The lowest BCUT2D eigenvalue weighted by Crippen LogP contribution is -1.94. The summed E-state index contributed by atoms with van der Waals surface area (Å²) in [5, 5.41) is 0. The van der Waals surface area contributed by atoms with E-state index in [-0.39, 0.29) is 0 Å². The first-order chi connectivity index (χ1) is 6.47. The van der Waals surface area contributed by atoms with Gasteiger partial charge in [0.25, 0.3) is 0 Å². The minimum Gasteiger partial charge on any atom is -0.261 e. The van der Waals surface area contributed by atoms with Crippen LogP contribution in [0.25, 0.3) is 0 Å². The molecule has 0 amide bonds. The molecule has 0 unspecified atom stereocenters. The predicted octanol–water partition coefficient (Wildman–Crippen LogP) is 4.22. The molecule has 80 valence electrons.